The molecule has 1 saturated heterocycles. The average molecular weight is 348 g/mol. The fourth-order valence-electron chi connectivity index (χ4n) is 3.15. The summed E-state index contributed by atoms with van der Waals surface area (Å²) in [5.74, 6) is -0.343. The van der Waals surface area contributed by atoms with E-state index in [1.54, 1.807) is 47.4 Å². The average Bonchev–Trinajstić information content (AvgIpc) is 3.08. The van der Waals surface area contributed by atoms with E-state index in [0.717, 1.165) is 12.1 Å². The van der Waals surface area contributed by atoms with Crippen molar-refractivity contribution in [1.29, 1.82) is 0 Å². The zero-order chi connectivity index (χ0) is 18.1. The highest BCUT2D eigenvalue weighted by Gasteiger charge is 2.22. The smallest absolute Gasteiger partial charge is 0.276 e. The molecule has 2 heterocycles. The van der Waals surface area contributed by atoms with Crippen LogP contribution in [0.3, 0.4) is 0 Å². The van der Waals surface area contributed by atoms with Gasteiger partial charge in [-0.2, -0.15) is 5.10 Å². The second kappa shape index (κ2) is 6.44. The molecule has 26 heavy (non-hydrogen) atoms. The molecular weight excluding hydrogens is 332 g/mol. The molecule has 0 atom stereocenters. The standard InChI is InChI=1S/C19H16N4O3/c24-16-9-4-10-23(16)13-6-3-5-12(11-13)20-19(26)17-14-7-1-2-8-15(14)18(25)22-21-17/h1-3,5-8,11H,4,9-10H2,(H,20,26)(H,22,25). The Kier molecular flexibility index (Phi) is 3.96. The summed E-state index contributed by atoms with van der Waals surface area (Å²) < 4.78 is 0. The summed E-state index contributed by atoms with van der Waals surface area (Å²) in [6, 6.07) is 13.9. The molecule has 3 aromatic rings. The van der Waals surface area contributed by atoms with Gasteiger partial charge in [-0.3, -0.25) is 14.4 Å². The minimum absolute atomic E-state index is 0.0850. The monoisotopic (exact) mass is 348 g/mol. The van der Waals surface area contributed by atoms with Gasteiger partial charge in [-0.25, -0.2) is 5.10 Å². The van der Waals surface area contributed by atoms with E-state index in [-0.39, 0.29) is 17.2 Å². The van der Waals surface area contributed by atoms with Gasteiger partial charge in [-0.05, 0) is 30.7 Å². The Morgan fingerprint density at radius 1 is 1.08 bits per heavy atom. The Bertz CT molecular complexity index is 1070. The quantitative estimate of drug-likeness (QED) is 0.759. The van der Waals surface area contributed by atoms with Gasteiger partial charge in [0.2, 0.25) is 5.91 Å². The normalized spacial score (nSPS) is 14.0. The molecule has 0 aliphatic carbocycles. The van der Waals surface area contributed by atoms with E-state index in [0.29, 0.717) is 29.4 Å². The van der Waals surface area contributed by atoms with E-state index in [1.165, 1.54) is 0 Å². The molecule has 1 aliphatic heterocycles. The van der Waals surface area contributed by atoms with E-state index in [1.807, 2.05) is 6.07 Å². The van der Waals surface area contributed by atoms with Crippen LogP contribution in [0.1, 0.15) is 23.3 Å². The first-order valence-corrected chi connectivity index (χ1v) is 8.33. The van der Waals surface area contributed by atoms with Gasteiger partial charge in [0.1, 0.15) is 0 Å². The van der Waals surface area contributed by atoms with Crippen LogP contribution < -0.4 is 15.8 Å². The number of nitrogens with one attached hydrogen (secondary N) is 2. The Morgan fingerprint density at radius 3 is 2.65 bits per heavy atom. The van der Waals surface area contributed by atoms with Crippen LogP contribution in [0.2, 0.25) is 0 Å². The molecule has 1 aromatic heterocycles. The number of carbonyl (C=O) groups is 2. The third-order valence-corrected chi connectivity index (χ3v) is 4.40. The van der Waals surface area contributed by atoms with E-state index in [4.69, 9.17) is 0 Å². The Balaban J connectivity index is 1.64. The van der Waals surface area contributed by atoms with Crippen molar-refractivity contribution in [2.45, 2.75) is 12.8 Å². The van der Waals surface area contributed by atoms with E-state index < -0.39 is 5.91 Å². The van der Waals surface area contributed by atoms with Crippen LogP contribution >= 0.6 is 0 Å². The summed E-state index contributed by atoms with van der Waals surface area (Å²) in [5, 5.41) is 9.93. The van der Waals surface area contributed by atoms with E-state index in [9.17, 15) is 14.4 Å². The summed E-state index contributed by atoms with van der Waals surface area (Å²) in [6.45, 7) is 0.683. The molecule has 2 amide bonds. The predicted molar refractivity (Wildman–Crippen MR) is 98.3 cm³/mol. The molecule has 4 rings (SSSR count). The maximum atomic E-state index is 12.7. The lowest BCUT2D eigenvalue weighted by Gasteiger charge is -2.16. The number of benzene rings is 2. The first kappa shape index (κ1) is 16.0. The van der Waals surface area contributed by atoms with Crippen LogP contribution in [0, 0.1) is 0 Å². The van der Waals surface area contributed by atoms with Crippen molar-refractivity contribution in [2.24, 2.45) is 0 Å². The second-order valence-corrected chi connectivity index (χ2v) is 6.10. The summed E-state index contributed by atoms with van der Waals surface area (Å²) in [7, 11) is 0. The van der Waals surface area contributed by atoms with Crippen molar-refractivity contribution < 1.29 is 9.59 Å². The maximum absolute atomic E-state index is 12.7. The van der Waals surface area contributed by atoms with Crippen LogP contribution in [0.5, 0.6) is 0 Å². The first-order valence-electron chi connectivity index (χ1n) is 8.33. The number of fused-ring (bicyclic) bond motifs is 1. The Morgan fingerprint density at radius 2 is 1.88 bits per heavy atom. The molecule has 0 unspecified atom stereocenters. The van der Waals surface area contributed by atoms with Gasteiger partial charge in [-0.15, -0.1) is 0 Å². The molecule has 1 fully saturated rings. The molecule has 7 heteroatoms. The molecule has 0 bridgehead atoms. The maximum Gasteiger partial charge on any atom is 0.276 e. The predicted octanol–water partition coefficient (Wildman–Crippen LogP) is 2.30. The van der Waals surface area contributed by atoms with Crippen molar-refractivity contribution in [3.05, 3.63) is 64.6 Å². The number of aromatic amines is 1. The van der Waals surface area contributed by atoms with Crippen LogP contribution in [-0.4, -0.2) is 28.6 Å². The van der Waals surface area contributed by atoms with Gasteiger partial charge in [0.25, 0.3) is 11.5 Å². The lowest BCUT2D eigenvalue weighted by molar-refractivity contribution is -0.117. The van der Waals surface area contributed by atoms with Gasteiger partial charge in [0, 0.05) is 29.7 Å². The fraction of sp³-hybridized carbons (Fsp3) is 0.158. The van der Waals surface area contributed by atoms with Gasteiger partial charge in [0.15, 0.2) is 5.69 Å². The van der Waals surface area contributed by atoms with Crippen molar-refractivity contribution in [2.75, 3.05) is 16.8 Å². The van der Waals surface area contributed by atoms with Gasteiger partial charge in [-0.1, -0.05) is 24.3 Å². The molecule has 2 N–H and O–H groups in total. The number of carbonyl (C=O) groups excluding carboxylic acids is 2. The summed E-state index contributed by atoms with van der Waals surface area (Å²) >= 11 is 0. The molecular formula is C19H16N4O3. The van der Waals surface area contributed by atoms with Crippen LogP contribution in [0.25, 0.3) is 10.8 Å². The highest BCUT2D eigenvalue weighted by molar-refractivity contribution is 6.11. The lowest BCUT2D eigenvalue weighted by Crippen LogP contribution is -2.24. The number of anilines is 2. The number of rotatable bonds is 3. The van der Waals surface area contributed by atoms with Crippen molar-refractivity contribution >= 4 is 34.0 Å². The minimum atomic E-state index is -0.428. The summed E-state index contributed by atoms with van der Waals surface area (Å²) in [6.07, 6.45) is 1.38. The van der Waals surface area contributed by atoms with Gasteiger partial charge < -0.3 is 10.2 Å². The Labute approximate surface area is 148 Å². The zero-order valence-corrected chi connectivity index (χ0v) is 13.9. The zero-order valence-electron chi connectivity index (χ0n) is 13.9. The highest BCUT2D eigenvalue weighted by Crippen LogP contribution is 2.24. The molecule has 7 nitrogen and oxygen atoms in total. The summed E-state index contributed by atoms with van der Waals surface area (Å²) in [4.78, 5) is 38.1. The second-order valence-electron chi connectivity index (χ2n) is 6.10. The van der Waals surface area contributed by atoms with Crippen LogP contribution in [0.15, 0.2) is 53.3 Å². The molecule has 2 aromatic carbocycles. The van der Waals surface area contributed by atoms with Crippen LogP contribution in [0.4, 0.5) is 11.4 Å². The molecule has 130 valence electrons. The van der Waals surface area contributed by atoms with Crippen molar-refractivity contribution in [3.8, 4) is 0 Å². The minimum Gasteiger partial charge on any atom is -0.321 e. The number of amides is 2. The molecule has 1 aliphatic rings. The summed E-state index contributed by atoms with van der Waals surface area (Å²) in [5.41, 5.74) is 1.11. The molecule has 0 spiro atoms. The number of hydrogen-bond donors (Lipinski definition) is 2. The third-order valence-electron chi connectivity index (χ3n) is 4.40. The number of hydrogen-bond acceptors (Lipinski definition) is 4. The lowest BCUT2D eigenvalue weighted by atomic mass is 10.1. The van der Waals surface area contributed by atoms with E-state index >= 15 is 0 Å². The van der Waals surface area contributed by atoms with Crippen molar-refractivity contribution in [1.82, 2.24) is 10.2 Å². The number of H-pyrrole nitrogens is 1. The Hall–Kier alpha value is -3.48. The van der Waals surface area contributed by atoms with Gasteiger partial charge in [0.05, 0.1) is 5.39 Å². The molecule has 0 saturated carbocycles. The fourth-order valence-corrected chi connectivity index (χ4v) is 3.15. The van der Waals surface area contributed by atoms with Crippen LogP contribution in [-0.2, 0) is 4.79 Å². The van der Waals surface area contributed by atoms with Crippen molar-refractivity contribution in [3.63, 3.8) is 0 Å². The first-order chi connectivity index (χ1) is 12.6. The topological polar surface area (TPSA) is 95.2 Å². The molecule has 0 radical (unpaired) electrons. The largest absolute Gasteiger partial charge is 0.321 e. The third kappa shape index (κ3) is 2.83. The number of aromatic nitrogens is 2. The van der Waals surface area contributed by atoms with E-state index in [2.05, 4.69) is 15.5 Å². The van der Waals surface area contributed by atoms with Gasteiger partial charge >= 0.3 is 0 Å². The number of nitrogens with zero attached hydrogens (tertiary/aromatic N) is 2. The SMILES string of the molecule is O=C(Nc1cccc(N2CCCC2=O)c1)c1n[nH]c(=O)c2ccccc12. The highest BCUT2D eigenvalue weighted by atomic mass is 16.2.